The third-order valence-electron chi connectivity index (χ3n) is 3.70. The number of anilines is 1. The van der Waals surface area contributed by atoms with Gasteiger partial charge in [0.05, 0.1) is 17.3 Å². The van der Waals surface area contributed by atoms with Gasteiger partial charge >= 0.3 is 11.8 Å². The number of phenols is 1. The van der Waals surface area contributed by atoms with Crippen LogP contribution >= 0.6 is 15.9 Å². The maximum atomic E-state index is 11.9. The van der Waals surface area contributed by atoms with Crippen LogP contribution in [0.5, 0.6) is 11.5 Å². The van der Waals surface area contributed by atoms with Gasteiger partial charge in [0, 0.05) is 5.69 Å². The van der Waals surface area contributed by atoms with E-state index in [-0.39, 0.29) is 11.5 Å². The molecule has 0 spiro atoms. The number of hydrogen-bond donors (Lipinski definition) is 3. The molecule has 2 aromatic rings. The van der Waals surface area contributed by atoms with Crippen molar-refractivity contribution in [2.75, 3.05) is 11.9 Å². The van der Waals surface area contributed by atoms with Crippen molar-refractivity contribution >= 4 is 39.6 Å². The fraction of sp³-hybridized carbons (Fsp3) is 0.211. The normalized spacial score (nSPS) is 10.7. The van der Waals surface area contributed by atoms with Crippen molar-refractivity contribution < 1.29 is 19.4 Å². The second-order valence-electron chi connectivity index (χ2n) is 5.73. The van der Waals surface area contributed by atoms with Crippen molar-refractivity contribution in [1.82, 2.24) is 5.43 Å². The van der Waals surface area contributed by atoms with Gasteiger partial charge in [-0.25, -0.2) is 5.43 Å². The molecule has 7 nitrogen and oxygen atoms in total. The van der Waals surface area contributed by atoms with Gasteiger partial charge in [-0.1, -0.05) is 6.07 Å². The van der Waals surface area contributed by atoms with Gasteiger partial charge in [-0.3, -0.25) is 9.59 Å². The number of carbonyl (C=O) groups excluding carboxylic acids is 2. The highest BCUT2D eigenvalue weighted by atomic mass is 79.9. The highest BCUT2D eigenvalue weighted by Crippen LogP contribution is 2.35. The smallest absolute Gasteiger partial charge is 0.329 e. The Balaban J connectivity index is 1.99. The van der Waals surface area contributed by atoms with E-state index in [2.05, 4.69) is 31.8 Å². The van der Waals surface area contributed by atoms with Crippen molar-refractivity contribution in [1.29, 1.82) is 0 Å². The molecule has 0 aliphatic heterocycles. The summed E-state index contributed by atoms with van der Waals surface area (Å²) in [4.78, 5) is 23.8. The molecule has 0 bridgehead atoms. The first-order chi connectivity index (χ1) is 12.8. The fourth-order valence-electron chi connectivity index (χ4n) is 2.16. The molecule has 27 heavy (non-hydrogen) atoms. The minimum absolute atomic E-state index is 0.0224. The largest absolute Gasteiger partial charge is 0.503 e. The zero-order valence-corrected chi connectivity index (χ0v) is 16.8. The average Bonchev–Trinajstić information content (AvgIpc) is 2.62. The van der Waals surface area contributed by atoms with Crippen LogP contribution in [-0.2, 0) is 9.59 Å². The van der Waals surface area contributed by atoms with Gasteiger partial charge in [-0.05, 0) is 77.7 Å². The zero-order chi connectivity index (χ0) is 20.0. The Morgan fingerprint density at radius 1 is 1.19 bits per heavy atom. The van der Waals surface area contributed by atoms with E-state index in [4.69, 9.17) is 4.74 Å². The predicted octanol–water partition coefficient (Wildman–Crippen LogP) is 3.26. The summed E-state index contributed by atoms with van der Waals surface area (Å²) in [7, 11) is 0. The number of ether oxygens (including phenoxy) is 1. The van der Waals surface area contributed by atoms with Crippen molar-refractivity contribution in [2.24, 2.45) is 5.10 Å². The lowest BCUT2D eigenvalue weighted by Crippen LogP contribution is -2.32. The molecule has 0 radical (unpaired) electrons. The predicted molar refractivity (Wildman–Crippen MR) is 107 cm³/mol. The second-order valence-corrected chi connectivity index (χ2v) is 6.59. The molecule has 2 rings (SSSR count). The van der Waals surface area contributed by atoms with E-state index in [1.165, 1.54) is 6.21 Å². The van der Waals surface area contributed by atoms with Gasteiger partial charge in [0.2, 0.25) is 0 Å². The van der Waals surface area contributed by atoms with Gasteiger partial charge in [0.15, 0.2) is 11.5 Å². The number of amides is 2. The molecule has 0 aliphatic rings. The Kier molecular flexibility index (Phi) is 6.95. The quantitative estimate of drug-likeness (QED) is 0.382. The molecule has 0 fully saturated rings. The maximum absolute atomic E-state index is 11.9. The van der Waals surface area contributed by atoms with Crippen LogP contribution < -0.4 is 15.5 Å². The summed E-state index contributed by atoms with van der Waals surface area (Å²) >= 11 is 3.22. The van der Waals surface area contributed by atoms with Crippen LogP contribution in [0, 0.1) is 13.8 Å². The molecule has 8 heteroatoms. The van der Waals surface area contributed by atoms with Crippen molar-refractivity contribution in [3.63, 3.8) is 0 Å². The Hall–Kier alpha value is -2.87. The summed E-state index contributed by atoms with van der Waals surface area (Å²) in [6, 6.07) is 8.53. The topological polar surface area (TPSA) is 100 Å². The van der Waals surface area contributed by atoms with Gasteiger partial charge in [-0.2, -0.15) is 5.10 Å². The minimum atomic E-state index is -0.896. The lowest BCUT2D eigenvalue weighted by Gasteiger charge is -2.08. The number of aromatic hydroxyl groups is 1. The van der Waals surface area contributed by atoms with Crippen LogP contribution in [0.3, 0.4) is 0 Å². The standard InChI is InChI=1S/C19H20BrN3O4/c1-4-27-16-9-13(8-15(20)17(16)24)10-21-23-19(26)18(25)22-14-6-5-11(2)12(3)7-14/h5-10,24H,4H2,1-3H3,(H,22,25)(H,23,26)/b21-10+. The van der Waals surface area contributed by atoms with Crippen molar-refractivity contribution in [2.45, 2.75) is 20.8 Å². The number of rotatable bonds is 5. The first-order valence-electron chi connectivity index (χ1n) is 8.18. The first kappa shape index (κ1) is 20.4. The molecule has 0 saturated carbocycles. The SMILES string of the molecule is CCOc1cc(/C=N/NC(=O)C(=O)Nc2ccc(C)c(C)c2)cc(Br)c1O. The summed E-state index contributed by atoms with van der Waals surface area (Å²) in [5.41, 5.74) is 5.36. The Morgan fingerprint density at radius 2 is 1.93 bits per heavy atom. The molecule has 0 heterocycles. The summed E-state index contributed by atoms with van der Waals surface area (Å²) in [5.74, 6) is -1.46. The third kappa shape index (κ3) is 5.55. The Bertz CT molecular complexity index is 897. The first-order valence-corrected chi connectivity index (χ1v) is 8.98. The highest BCUT2D eigenvalue weighted by molar-refractivity contribution is 9.10. The molecule has 0 aliphatic carbocycles. The summed E-state index contributed by atoms with van der Waals surface area (Å²) < 4.78 is 5.74. The van der Waals surface area contributed by atoms with E-state index in [9.17, 15) is 14.7 Å². The molecule has 0 aromatic heterocycles. The van der Waals surface area contributed by atoms with E-state index in [1.54, 1.807) is 31.2 Å². The van der Waals surface area contributed by atoms with E-state index in [0.29, 0.717) is 22.3 Å². The number of aryl methyl sites for hydroxylation is 2. The van der Waals surface area contributed by atoms with Crippen LogP contribution in [0.2, 0.25) is 0 Å². The maximum Gasteiger partial charge on any atom is 0.329 e. The van der Waals surface area contributed by atoms with Crippen molar-refractivity contribution in [3.05, 3.63) is 51.5 Å². The van der Waals surface area contributed by atoms with E-state index >= 15 is 0 Å². The van der Waals surface area contributed by atoms with Gasteiger partial charge in [0.25, 0.3) is 0 Å². The third-order valence-corrected chi connectivity index (χ3v) is 4.31. The molecular formula is C19H20BrN3O4. The van der Waals surface area contributed by atoms with Crippen LogP contribution in [0.15, 0.2) is 39.9 Å². The zero-order valence-electron chi connectivity index (χ0n) is 15.2. The van der Waals surface area contributed by atoms with Crippen LogP contribution in [0.4, 0.5) is 5.69 Å². The molecule has 0 saturated heterocycles. The summed E-state index contributed by atoms with van der Waals surface area (Å²) in [5, 5.41) is 16.2. The fourth-order valence-corrected chi connectivity index (χ4v) is 2.62. The van der Waals surface area contributed by atoms with Gasteiger partial charge in [0.1, 0.15) is 0 Å². The Labute approximate surface area is 165 Å². The van der Waals surface area contributed by atoms with Gasteiger partial charge in [-0.15, -0.1) is 0 Å². The number of phenolic OH excluding ortho intramolecular Hbond substituents is 1. The minimum Gasteiger partial charge on any atom is -0.503 e. The van der Waals surface area contributed by atoms with Crippen LogP contribution in [-0.4, -0.2) is 29.7 Å². The van der Waals surface area contributed by atoms with E-state index in [0.717, 1.165) is 11.1 Å². The molecular weight excluding hydrogens is 414 g/mol. The molecule has 0 unspecified atom stereocenters. The molecule has 142 valence electrons. The average molecular weight is 434 g/mol. The second kappa shape index (κ2) is 9.18. The van der Waals surface area contributed by atoms with Crippen LogP contribution in [0.1, 0.15) is 23.6 Å². The van der Waals surface area contributed by atoms with Crippen molar-refractivity contribution in [3.8, 4) is 11.5 Å². The number of hydrazone groups is 1. The number of halogens is 1. The summed E-state index contributed by atoms with van der Waals surface area (Å²) in [6.07, 6.45) is 1.34. The lowest BCUT2D eigenvalue weighted by molar-refractivity contribution is -0.136. The van der Waals surface area contributed by atoms with E-state index in [1.807, 2.05) is 19.9 Å². The molecule has 0 atom stereocenters. The molecule has 2 aromatic carbocycles. The molecule has 2 amide bonds. The number of carbonyl (C=O) groups is 2. The number of nitrogens with one attached hydrogen (secondary N) is 2. The monoisotopic (exact) mass is 433 g/mol. The van der Waals surface area contributed by atoms with Crippen LogP contribution in [0.25, 0.3) is 0 Å². The van der Waals surface area contributed by atoms with E-state index < -0.39 is 11.8 Å². The Morgan fingerprint density at radius 3 is 2.59 bits per heavy atom. The highest BCUT2D eigenvalue weighted by Gasteiger charge is 2.13. The number of benzene rings is 2. The summed E-state index contributed by atoms with van der Waals surface area (Å²) in [6.45, 7) is 6.06. The number of hydrogen-bond acceptors (Lipinski definition) is 5. The lowest BCUT2D eigenvalue weighted by atomic mass is 10.1. The van der Waals surface area contributed by atoms with Gasteiger partial charge < -0.3 is 15.2 Å². The number of nitrogens with zero attached hydrogens (tertiary/aromatic N) is 1. The molecule has 3 N–H and O–H groups in total.